The van der Waals surface area contributed by atoms with Gasteiger partial charge in [0.25, 0.3) is 0 Å². The van der Waals surface area contributed by atoms with E-state index in [-0.39, 0.29) is 5.78 Å². The molecule has 20 heavy (non-hydrogen) atoms. The van der Waals surface area contributed by atoms with Crippen molar-refractivity contribution in [2.45, 2.75) is 33.2 Å². The normalized spacial score (nSPS) is 10.8. The van der Waals surface area contributed by atoms with E-state index in [0.29, 0.717) is 12.8 Å². The van der Waals surface area contributed by atoms with Crippen LogP contribution >= 0.6 is 31.9 Å². The molecule has 0 spiro atoms. The summed E-state index contributed by atoms with van der Waals surface area (Å²) in [6, 6.07) is 7.86. The number of carbonyl (C=O) groups excluding carboxylic acids is 1. The Bertz CT molecular complexity index is 635. The lowest BCUT2D eigenvalue weighted by atomic mass is 10.1. The first-order chi connectivity index (χ1) is 9.51. The summed E-state index contributed by atoms with van der Waals surface area (Å²) in [4.78, 5) is 12.2. The van der Waals surface area contributed by atoms with Gasteiger partial charge in [-0.2, -0.15) is 5.10 Å². The molecular weight excluding hydrogens is 384 g/mol. The fourth-order valence-electron chi connectivity index (χ4n) is 2.16. The minimum Gasteiger partial charge on any atom is -0.299 e. The van der Waals surface area contributed by atoms with E-state index in [1.807, 2.05) is 42.8 Å². The summed E-state index contributed by atoms with van der Waals surface area (Å²) in [5, 5.41) is 4.41. The first kappa shape index (κ1) is 15.4. The second-order valence-electron chi connectivity index (χ2n) is 4.68. The molecule has 2 aromatic rings. The minimum absolute atomic E-state index is 0.193. The highest BCUT2D eigenvalue weighted by molar-refractivity contribution is 9.10. The molecule has 3 nitrogen and oxygen atoms in total. The van der Waals surface area contributed by atoms with Crippen molar-refractivity contribution in [1.82, 2.24) is 9.78 Å². The van der Waals surface area contributed by atoms with Crippen LogP contribution < -0.4 is 0 Å². The summed E-state index contributed by atoms with van der Waals surface area (Å²) in [6.45, 7) is 4.74. The topological polar surface area (TPSA) is 34.9 Å². The highest BCUT2D eigenvalue weighted by atomic mass is 79.9. The molecule has 0 fully saturated rings. The van der Waals surface area contributed by atoms with Crippen molar-refractivity contribution in [3.8, 4) is 0 Å². The van der Waals surface area contributed by atoms with Gasteiger partial charge in [0, 0.05) is 23.9 Å². The van der Waals surface area contributed by atoms with Crippen LogP contribution in [0.15, 0.2) is 33.2 Å². The van der Waals surface area contributed by atoms with E-state index in [1.54, 1.807) is 0 Å². The third-order valence-corrected chi connectivity index (χ3v) is 4.63. The molecule has 0 aliphatic heterocycles. The van der Waals surface area contributed by atoms with Gasteiger partial charge in [0.2, 0.25) is 0 Å². The van der Waals surface area contributed by atoms with E-state index in [9.17, 15) is 4.79 Å². The molecule has 0 saturated heterocycles. The average Bonchev–Trinajstić information content (AvgIpc) is 2.66. The molecule has 1 aromatic carbocycles. The Morgan fingerprint density at radius 3 is 2.70 bits per heavy atom. The molecule has 1 heterocycles. The van der Waals surface area contributed by atoms with Crippen LogP contribution in [-0.2, 0) is 24.2 Å². The number of aromatic nitrogens is 2. The summed E-state index contributed by atoms with van der Waals surface area (Å²) >= 11 is 6.95. The van der Waals surface area contributed by atoms with Gasteiger partial charge in [0.1, 0.15) is 5.78 Å². The molecule has 0 aliphatic carbocycles. The van der Waals surface area contributed by atoms with E-state index < -0.39 is 0 Å². The number of rotatable bonds is 5. The molecule has 0 unspecified atom stereocenters. The van der Waals surface area contributed by atoms with Crippen molar-refractivity contribution < 1.29 is 4.79 Å². The van der Waals surface area contributed by atoms with Crippen molar-refractivity contribution in [3.05, 3.63) is 50.2 Å². The number of hydrogen-bond acceptors (Lipinski definition) is 2. The quantitative estimate of drug-likeness (QED) is 0.758. The summed E-state index contributed by atoms with van der Waals surface area (Å²) in [7, 11) is 0. The predicted molar refractivity (Wildman–Crippen MR) is 86.9 cm³/mol. The van der Waals surface area contributed by atoms with Crippen LogP contribution in [0.4, 0.5) is 0 Å². The SMILES string of the molecule is CCn1nc(C)c(Br)c1CC(=O)Cc1cccc(Br)c1. The second-order valence-corrected chi connectivity index (χ2v) is 6.39. The maximum absolute atomic E-state index is 12.2. The van der Waals surface area contributed by atoms with Gasteiger partial charge in [-0.1, -0.05) is 28.1 Å². The average molecular weight is 400 g/mol. The van der Waals surface area contributed by atoms with Gasteiger partial charge >= 0.3 is 0 Å². The van der Waals surface area contributed by atoms with Gasteiger partial charge in [-0.15, -0.1) is 0 Å². The van der Waals surface area contributed by atoms with Gasteiger partial charge in [-0.3, -0.25) is 9.48 Å². The first-order valence-corrected chi connectivity index (χ1v) is 8.07. The lowest BCUT2D eigenvalue weighted by Crippen LogP contribution is -2.12. The van der Waals surface area contributed by atoms with Crippen LogP contribution in [0.5, 0.6) is 0 Å². The molecule has 0 amide bonds. The Morgan fingerprint density at radius 1 is 1.30 bits per heavy atom. The van der Waals surface area contributed by atoms with E-state index in [4.69, 9.17) is 0 Å². The number of halogens is 2. The third kappa shape index (κ3) is 3.58. The Hall–Kier alpha value is -0.940. The van der Waals surface area contributed by atoms with Crippen LogP contribution in [-0.4, -0.2) is 15.6 Å². The molecule has 1 aromatic heterocycles. The Labute approximate surface area is 135 Å². The van der Waals surface area contributed by atoms with E-state index >= 15 is 0 Å². The zero-order valence-corrected chi connectivity index (χ0v) is 14.7. The molecule has 106 valence electrons. The molecule has 0 N–H and O–H groups in total. The zero-order chi connectivity index (χ0) is 14.7. The molecular formula is C15H16Br2N2O. The summed E-state index contributed by atoms with van der Waals surface area (Å²) in [6.07, 6.45) is 0.849. The smallest absolute Gasteiger partial charge is 0.143 e. The molecule has 2 rings (SSSR count). The summed E-state index contributed by atoms with van der Waals surface area (Å²) < 4.78 is 3.83. The van der Waals surface area contributed by atoms with E-state index in [0.717, 1.165) is 32.4 Å². The van der Waals surface area contributed by atoms with Crippen molar-refractivity contribution in [1.29, 1.82) is 0 Å². The van der Waals surface area contributed by atoms with Crippen molar-refractivity contribution in [3.63, 3.8) is 0 Å². The van der Waals surface area contributed by atoms with Crippen LogP contribution in [0.2, 0.25) is 0 Å². The van der Waals surface area contributed by atoms with E-state index in [1.165, 1.54) is 0 Å². The molecule has 5 heteroatoms. The molecule has 0 atom stereocenters. The van der Waals surface area contributed by atoms with Gasteiger partial charge in [-0.25, -0.2) is 0 Å². The van der Waals surface area contributed by atoms with Crippen molar-refractivity contribution in [2.24, 2.45) is 0 Å². The monoisotopic (exact) mass is 398 g/mol. The maximum atomic E-state index is 12.2. The second kappa shape index (κ2) is 6.68. The van der Waals surface area contributed by atoms with Crippen LogP contribution in [0.1, 0.15) is 23.9 Å². The van der Waals surface area contributed by atoms with Crippen LogP contribution in [0.3, 0.4) is 0 Å². The number of hydrogen-bond donors (Lipinski definition) is 0. The lowest BCUT2D eigenvalue weighted by molar-refractivity contribution is -0.117. The third-order valence-electron chi connectivity index (χ3n) is 3.11. The lowest BCUT2D eigenvalue weighted by Gasteiger charge is -2.05. The van der Waals surface area contributed by atoms with Crippen LogP contribution in [0, 0.1) is 6.92 Å². The van der Waals surface area contributed by atoms with Crippen molar-refractivity contribution in [2.75, 3.05) is 0 Å². The largest absolute Gasteiger partial charge is 0.299 e. The maximum Gasteiger partial charge on any atom is 0.143 e. The molecule has 0 bridgehead atoms. The number of carbonyl (C=O) groups is 1. The van der Waals surface area contributed by atoms with Gasteiger partial charge in [0.15, 0.2) is 0 Å². The number of aryl methyl sites for hydroxylation is 2. The molecule has 0 saturated carbocycles. The summed E-state index contributed by atoms with van der Waals surface area (Å²) in [5.74, 6) is 0.193. The van der Waals surface area contributed by atoms with Gasteiger partial charge < -0.3 is 0 Å². The fraction of sp³-hybridized carbons (Fsp3) is 0.333. The summed E-state index contributed by atoms with van der Waals surface area (Å²) in [5.41, 5.74) is 2.92. The Morgan fingerprint density at radius 2 is 2.05 bits per heavy atom. The number of benzene rings is 1. The highest BCUT2D eigenvalue weighted by Crippen LogP contribution is 2.22. The number of nitrogens with zero attached hydrogens (tertiary/aromatic N) is 2. The van der Waals surface area contributed by atoms with E-state index in [2.05, 4.69) is 37.0 Å². The number of Topliss-reactive ketones (excluding diaryl/α,β-unsaturated/α-hetero) is 1. The Balaban J connectivity index is 2.12. The fourth-order valence-corrected chi connectivity index (χ4v) is 3.03. The minimum atomic E-state index is 0.193. The zero-order valence-electron chi connectivity index (χ0n) is 11.5. The van der Waals surface area contributed by atoms with Gasteiger partial charge in [0.05, 0.1) is 15.9 Å². The standard InChI is InChI=1S/C15H16Br2N2O/c1-3-19-14(15(17)10(2)18-19)9-13(20)8-11-5-4-6-12(16)7-11/h4-7H,3,8-9H2,1-2H3. The molecule has 0 aliphatic rings. The van der Waals surface area contributed by atoms with Crippen molar-refractivity contribution >= 4 is 37.6 Å². The Kier molecular flexibility index (Phi) is 5.16. The number of ketones is 1. The first-order valence-electron chi connectivity index (χ1n) is 6.49. The predicted octanol–water partition coefficient (Wildman–Crippen LogP) is 4.09. The highest BCUT2D eigenvalue weighted by Gasteiger charge is 2.15. The van der Waals surface area contributed by atoms with Gasteiger partial charge in [-0.05, 0) is 47.5 Å². The molecule has 0 radical (unpaired) electrons. The van der Waals surface area contributed by atoms with Crippen LogP contribution in [0.25, 0.3) is 0 Å².